The normalized spacial score (nSPS) is 22.3. The van der Waals surface area contributed by atoms with Gasteiger partial charge in [0.05, 0.1) is 0 Å². The minimum absolute atomic E-state index is 0.691. The predicted molar refractivity (Wildman–Crippen MR) is 80.3 cm³/mol. The predicted octanol–water partition coefficient (Wildman–Crippen LogP) is 3.00. The smallest absolute Gasteiger partial charge is 0.0197 e. The monoisotopic (exact) mass is 266 g/mol. The Hall–Kier alpha value is -0.380. The van der Waals surface area contributed by atoms with Crippen molar-refractivity contribution >= 4 is 11.3 Å². The van der Waals surface area contributed by atoms with Crippen LogP contribution in [-0.4, -0.2) is 37.1 Å². The van der Waals surface area contributed by atoms with Gasteiger partial charge in [0.15, 0.2) is 0 Å². The Morgan fingerprint density at radius 3 is 3.11 bits per heavy atom. The Kier molecular flexibility index (Phi) is 5.67. The average Bonchev–Trinajstić information content (AvgIpc) is 2.74. The molecule has 1 saturated heterocycles. The van der Waals surface area contributed by atoms with E-state index in [2.05, 4.69) is 41.6 Å². The van der Waals surface area contributed by atoms with Gasteiger partial charge in [0.2, 0.25) is 0 Å². The van der Waals surface area contributed by atoms with Crippen molar-refractivity contribution in [3.05, 3.63) is 22.4 Å². The van der Waals surface area contributed by atoms with Crippen LogP contribution in [0.2, 0.25) is 0 Å². The second-order valence-corrected chi connectivity index (χ2v) is 6.80. The molecule has 0 aromatic carbocycles. The van der Waals surface area contributed by atoms with E-state index in [1.54, 1.807) is 0 Å². The lowest BCUT2D eigenvalue weighted by atomic mass is 10.0. The average molecular weight is 266 g/mol. The summed E-state index contributed by atoms with van der Waals surface area (Å²) in [5, 5.41) is 5.88. The van der Waals surface area contributed by atoms with Gasteiger partial charge in [-0.15, -0.1) is 11.3 Å². The third-order valence-electron chi connectivity index (χ3n) is 3.57. The number of nitrogens with one attached hydrogen (secondary N) is 1. The molecule has 1 aromatic heterocycles. The van der Waals surface area contributed by atoms with Gasteiger partial charge in [0.1, 0.15) is 0 Å². The molecule has 102 valence electrons. The van der Waals surface area contributed by atoms with Crippen LogP contribution in [0.4, 0.5) is 0 Å². The highest BCUT2D eigenvalue weighted by Crippen LogP contribution is 2.13. The van der Waals surface area contributed by atoms with E-state index >= 15 is 0 Å². The summed E-state index contributed by atoms with van der Waals surface area (Å²) in [6.07, 6.45) is 3.81. The molecule has 0 bridgehead atoms. The zero-order valence-corrected chi connectivity index (χ0v) is 12.5. The van der Waals surface area contributed by atoms with Crippen LogP contribution in [0.25, 0.3) is 0 Å². The van der Waals surface area contributed by atoms with Crippen molar-refractivity contribution in [1.82, 2.24) is 10.2 Å². The second kappa shape index (κ2) is 7.27. The highest BCUT2D eigenvalue weighted by molar-refractivity contribution is 7.09. The standard InChI is InChI=1S/C15H26N2S/c1-13(2)11-14-12-17(8-4-7-16-14)9-6-15-5-3-10-18-15/h3,5,10,13-14,16H,4,6-9,11-12H2,1-2H3. The Balaban J connectivity index is 1.79. The van der Waals surface area contributed by atoms with Gasteiger partial charge in [-0.1, -0.05) is 19.9 Å². The number of nitrogens with zero attached hydrogens (tertiary/aromatic N) is 1. The van der Waals surface area contributed by atoms with Crippen molar-refractivity contribution in [2.24, 2.45) is 5.92 Å². The van der Waals surface area contributed by atoms with Crippen molar-refractivity contribution in [3.8, 4) is 0 Å². The fraction of sp³-hybridized carbons (Fsp3) is 0.733. The molecule has 0 spiro atoms. The Morgan fingerprint density at radius 1 is 1.50 bits per heavy atom. The Labute approximate surface area is 115 Å². The number of rotatable bonds is 5. The van der Waals surface area contributed by atoms with Crippen LogP contribution in [0.3, 0.4) is 0 Å². The summed E-state index contributed by atoms with van der Waals surface area (Å²) in [6, 6.07) is 5.11. The van der Waals surface area contributed by atoms with Gasteiger partial charge in [-0.2, -0.15) is 0 Å². The van der Waals surface area contributed by atoms with E-state index in [9.17, 15) is 0 Å². The van der Waals surface area contributed by atoms with Crippen LogP contribution >= 0.6 is 11.3 Å². The molecular formula is C15H26N2S. The first-order chi connectivity index (χ1) is 8.74. The van der Waals surface area contributed by atoms with Crippen molar-refractivity contribution in [1.29, 1.82) is 0 Å². The largest absolute Gasteiger partial charge is 0.313 e. The topological polar surface area (TPSA) is 15.3 Å². The molecule has 1 atom stereocenters. The van der Waals surface area contributed by atoms with Gasteiger partial charge in [0, 0.05) is 24.0 Å². The van der Waals surface area contributed by atoms with E-state index in [4.69, 9.17) is 0 Å². The molecule has 0 amide bonds. The maximum absolute atomic E-state index is 3.70. The molecule has 1 aromatic rings. The summed E-state index contributed by atoms with van der Waals surface area (Å²) in [5.41, 5.74) is 0. The first-order valence-corrected chi connectivity index (χ1v) is 8.10. The summed E-state index contributed by atoms with van der Waals surface area (Å²) in [7, 11) is 0. The van der Waals surface area contributed by atoms with E-state index in [1.807, 2.05) is 11.3 Å². The van der Waals surface area contributed by atoms with Gasteiger partial charge < -0.3 is 10.2 Å². The molecule has 3 heteroatoms. The van der Waals surface area contributed by atoms with Crippen LogP contribution in [0.15, 0.2) is 17.5 Å². The first kappa shape index (κ1) is 14.0. The van der Waals surface area contributed by atoms with Crippen molar-refractivity contribution in [2.75, 3.05) is 26.2 Å². The summed E-state index contributed by atoms with van der Waals surface area (Å²) in [5.74, 6) is 0.791. The minimum Gasteiger partial charge on any atom is -0.313 e. The third kappa shape index (κ3) is 4.71. The van der Waals surface area contributed by atoms with E-state index < -0.39 is 0 Å². The van der Waals surface area contributed by atoms with Crippen LogP contribution in [0.5, 0.6) is 0 Å². The summed E-state index contributed by atoms with van der Waals surface area (Å²) >= 11 is 1.89. The molecule has 0 aliphatic carbocycles. The van der Waals surface area contributed by atoms with Crippen LogP contribution < -0.4 is 5.32 Å². The fourth-order valence-corrected chi connectivity index (χ4v) is 3.43. The van der Waals surface area contributed by atoms with Crippen LogP contribution in [0.1, 0.15) is 31.6 Å². The third-order valence-corrected chi connectivity index (χ3v) is 4.51. The maximum Gasteiger partial charge on any atom is 0.0197 e. The van der Waals surface area contributed by atoms with Crippen LogP contribution in [-0.2, 0) is 6.42 Å². The number of hydrogen-bond donors (Lipinski definition) is 1. The summed E-state index contributed by atoms with van der Waals surface area (Å²) in [6.45, 7) is 9.53. The molecule has 1 aliphatic rings. The quantitative estimate of drug-likeness (QED) is 0.881. The molecule has 1 N–H and O–H groups in total. The molecule has 1 fully saturated rings. The zero-order chi connectivity index (χ0) is 12.8. The van der Waals surface area contributed by atoms with Crippen molar-refractivity contribution < 1.29 is 0 Å². The van der Waals surface area contributed by atoms with E-state index in [0.717, 1.165) is 5.92 Å². The summed E-state index contributed by atoms with van der Waals surface area (Å²) in [4.78, 5) is 4.17. The Bertz CT molecular complexity index is 321. The number of thiophene rings is 1. The van der Waals surface area contributed by atoms with Crippen molar-refractivity contribution in [2.45, 2.75) is 39.2 Å². The molecular weight excluding hydrogens is 240 g/mol. The van der Waals surface area contributed by atoms with E-state index in [-0.39, 0.29) is 0 Å². The highest BCUT2D eigenvalue weighted by atomic mass is 32.1. The highest BCUT2D eigenvalue weighted by Gasteiger charge is 2.18. The molecule has 0 radical (unpaired) electrons. The first-order valence-electron chi connectivity index (χ1n) is 7.22. The van der Waals surface area contributed by atoms with Crippen molar-refractivity contribution in [3.63, 3.8) is 0 Å². The fourth-order valence-electron chi connectivity index (χ4n) is 2.73. The molecule has 2 heterocycles. The van der Waals surface area contributed by atoms with Gasteiger partial charge in [-0.3, -0.25) is 0 Å². The molecule has 1 aliphatic heterocycles. The summed E-state index contributed by atoms with van der Waals surface area (Å²) < 4.78 is 0. The SMILES string of the molecule is CC(C)CC1CN(CCc2cccs2)CCCN1. The lowest BCUT2D eigenvalue weighted by molar-refractivity contribution is 0.258. The van der Waals surface area contributed by atoms with Gasteiger partial charge >= 0.3 is 0 Å². The maximum atomic E-state index is 3.70. The molecule has 2 rings (SSSR count). The molecule has 18 heavy (non-hydrogen) atoms. The lowest BCUT2D eigenvalue weighted by Crippen LogP contribution is -2.39. The lowest BCUT2D eigenvalue weighted by Gasteiger charge is -2.25. The Morgan fingerprint density at radius 2 is 2.39 bits per heavy atom. The van der Waals surface area contributed by atoms with E-state index in [1.165, 1.54) is 50.3 Å². The van der Waals surface area contributed by atoms with Gasteiger partial charge in [0.25, 0.3) is 0 Å². The molecule has 0 saturated carbocycles. The zero-order valence-electron chi connectivity index (χ0n) is 11.7. The van der Waals surface area contributed by atoms with Gasteiger partial charge in [-0.05, 0) is 49.7 Å². The minimum atomic E-state index is 0.691. The molecule has 2 nitrogen and oxygen atoms in total. The van der Waals surface area contributed by atoms with Gasteiger partial charge in [-0.25, -0.2) is 0 Å². The number of hydrogen-bond acceptors (Lipinski definition) is 3. The van der Waals surface area contributed by atoms with Crippen LogP contribution in [0, 0.1) is 5.92 Å². The molecule has 1 unspecified atom stereocenters. The second-order valence-electron chi connectivity index (χ2n) is 5.76. The van der Waals surface area contributed by atoms with E-state index in [0.29, 0.717) is 6.04 Å².